The van der Waals surface area contributed by atoms with Crippen LogP contribution in [0.2, 0.25) is 0 Å². The van der Waals surface area contributed by atoms with Gasteiger partial charge in [0.2, 0.25) is 0 Å². The molecule has 1 aliphatic heterocycles. The van der Waals surface area contributed by atoms with E-state index in [1.54, 1.807) is 0 Å². The summed E-state index contributed by atoms with van der Waals surface area (Å²) in [6.45, 7) is 4.68. The fourth-order valence-electron chi connectivity index (χ4n) is 7.65. The monoisotopic (exact) mass is 624 g/mol. The van der Waals surface area contributed by atoms with Gasteiger partial charge < -0.3 is 4.74 Å². The van der Waals surface area contributed by atoms with Gasteiger partial charge in [0.05, 0.1) is 16.9 Å². The molecule has 6 heteroatoms. The molecule has 1 aliphatic rings. The van der Waals surface area contributed by atoms with E-state index in [1.165, 1.54) is 31.3 Å². The van der Waals surface area contributed by atoms with Crippen molar-refractivity contribution in [3.05, 3.63) is 145 Å². The topological polar surface area (TPSA) is 42.7 Å². The number of anilines is 3. The fraction of sp³-hybridized carbons (Fsp3) is 0.0732. The van der Waals surface area contributed by atoms with Crippen LogP contribution in [0.15, 0.2) is 134 Å². The largest absolute Gasteiger partial charge is 0.457 e. The highest BCUT2D eigenvalue weighted by Crippen LogP contribution is 2.58. The molecule has 0 aliphatic carbocycles. The molecule has 10 rings (SSSR count). The summed E-state index contributed by atoms with van der Waals surface area (Å²) in [7, 11) is 0. The number of nitrogens with zero attached hydrogens (tertiary/aromatic N) is 4. The third-order valence-electron chi connectivity index (χ3n) is 9.71. The van der Waals surface area contributed by atoms with Crippen LogP contribution in [-0.2, 0) is 5.41 Å². The lowest BCUT2D eigenvalue weighted by Gasteiger charge is -2.42. The lowest BCUT2D eigenvalue weighted by atomic mass is 9.73. The summed E-state index contributed by atoms with van der Waals surface area (Å²) < 4.78 is 11.7. The molecular weight excluding hydrogens is 597 g/mol. The molecule has 0 saturated heterocycles. The lowest BCUT2D eigenvalue weighted by Crippen LogP contribution is -2.31. The number of aromatic nitrogens is 3. The summed E-state index contributed by atoms with van der Waals surface area (Å²) in [4.78, 5) is 11.9. The van der Waals surface area contributed by atoms with Crippen LogP contribution in [0.3, 0.4) is 0 Å². The third kappa shape index (κ3) is 3.70. The van der Waals surface area contributed by atoms with Gasteiger partial charge in [-0.25, -0.2) is 9.97 Å². The van der Waals surface area contributed by atoms with Crippen LogP contribution in [0.4, 0.5) is 17.2 Å². The second kappa shape index (κ2) is 9.64. The van der Waals surface area contributed by atoms with Crippen molar-refractivity contribution in [2.24, 2.45) is 0 Å². The Balaban J connectivity index is 1.26. The molecule has 47 heavy (non-hydrogen) atoms. The van der Waals surface area contributed by atoms with Gasteiger partial charge in [-0.2, -0.15) is 0 Å². The van der Waals surface area contributed by atoms with Crippen molar-refractivity contribution in [3.8, 4) is 11.5 Å². The molecule has 0 bridgehead atoms. The van der Waals surface area contributed by atoms with Gasteiger partial charge in [-0.1, -0.05) is 74.5 Å². The van der Waals surface area contributed by atoms with Crippen LogP contribution in [-0.4, -0.2) is 14.4 Å². The summed E-state index contributed by atoms with van der Waals surface area (Å²) in [5, 5.41) is 5.74. The first-order valence-corrected chi connectivity index (χ1v) is 16.6. The van der Waals surface area contributed by atoms with Crippen molar-refractivity contribution < 1.29 is 4.74 Å². The van der Waals surface area contributed by atoms with E-state index >= 15 is 0 Å². The van der Waals surface area contributed by atoms with Crippen molar-refractivity contribution in [2.75, 3.05) is 4.90 Å². The second-order valence-corrected chi connectivity index (χ2v) is 13.7. The molecule has 224 valence electrons. The zero-order valence-corrected chi connectivity index (χ0v) is 26.6. The number of fused-ring (bicyclic) bond motifs is 12. The number of pyridine rings is 2. The minimum atomic E-state index is -0.259. The van der Waals surface area contributed by atoms with Gasteiger partial charge >= 0.3 is 0 Å². The van der Waals surface area contributed by atoms with Gasteiger partial charge in [-0.15, -0.1) is 11.3 Å². The van der Waals surface area contributed by atoms with E-state index in [1.807, 2.05) is 36.0 Å². The average Bonchev–Trinajstić information content (AvgIpc) is 3.75. The molecule has 0 radical (unpaired) electrons. The van der Waals surface area contributed by atoms with Crippen LogP contribution in [0, 0.1) is 0 Å². The van der Waals surface area contributed by atoms with Crippen LogP contribution in [0.25, 0.3) is 47.5 Å². The molecule has 0 atom stereocenters. The molecule has 0 fully saturated rings. The number of thiophene rings is 1. The maximum atomic E-state index is 7.03. The van der Waals surface area contributed by atoms with Gasteiger partial charge in [-0.05, 0) is 59.5 Å². The number of benzene rings is 5. The highest BCUT2D eigenvalue weighted by molar-refractivity contribution is 7.26. The summed E-state index contributed by atoms with van der Waals surface area (Å²) in [5.41, 5.74) is 6.58. The summed E-state index contributed by atoms with van der Waals surface area (Å²) in [6, 6.07) is 40.6. The van der Waals surface area contributed by atoms with Gasteiger partial charge in [0.15, 0.2) is 0 Å². The van der Waals surface area contributed by atoms with E-state index in [4.69, 9.17) is 14.7 Å². The Morgan fingerprint density at radius 3 is 2.38 bits per heavy atom. The number of ether oxygens (including phenoxy) is 1. The average molecular weight is 625 g/mol. The Bertz CT molecular complexity index is 2710. The van der Waals surface area contributed by atoms with E-state index in [9.17, 15) is 0 Å². The Hall–Kier alpha value is -5.72. The number of rotatable bonds is 3. The van der Waals surface area contributed by atoms with E-state index in [2.05, 4.69) is 132 Å². The normalized spacial score (nSPS) is 13.9. The summed E-state index contributed by atoms with van der Waals surface area (Å²) >= 11 is 1.84. The molecule has 0 spiro atoms. The highest BCUT2D eigenvalue weighted by Gasteiger charge is 2.40. The van der Waals surface area contributed by atoms with Gasteiger partial charge in [0, 0.05) is 66.6 Å². The first kappa shape index (κ1) is 26.5. The summed E-state index contributed by atoms with van der Waals surface area (Å²) in [6.07, 6.45) is 5.76. The highest BCUT2D eigenvalue weighted by atomic mass is 32.1. The smallest absolute Gasteiger partial charge is 0.145 e. The van der Waals surface area contributed by atoms with Crippen LogP contribution >= 0.6 is 11.3 Å². The molecule has 9 aromatic rings. The van der Waals surface area contributed by atoms with Gasteiger partial charge in [0.1, 0.15) is 23.0 Å². The van der Waals surface area contributed by atoms with Crippen molar-refractivity contribution in [3.63, 3.8) is 0 Å². The van der Waals surface area contributed by atoms with E-state index in [0.29, 0.717) is 0 Å². The zero-order chi connectivity index (χ0) is 31.3. The van der Waals surface area contributed by atoms with E-state index in [-0.39, 0.29) is 5.41 Å². The Kier molecular flexibility index (Phi) is 5.44. The van der Waals surface area contributed by atoms with Crippen molar-refractivity contribution in [1.29, 1.82) is 0 Å². The zero-order valence-electron chi connectivity index (χ0n) is 25.8. The third-order valence-corrected chi connectivity index (χ3v) is 10.9. The van der Waals surface area contributed by atoms with Crippen LogP contribution in [0.1, 0.15) is 25.0 Å². The van der Waals surface area contributed by atoms with Crippen LogP contribution < -0.4 is 9.64 Å². The molecule has 5 heterocycles. The fourth-order valence-corrected chi connectivity index (χ4v) is 9.07. The second-order valence-electron chi connectivity index (χ2n) is 12.7. The molecular formula is C41H28N4OS. The molecule has 0 N–H and O–H groups in total. The maximum Gasteiger partial charge on any atom is 0.145 e. The molecule has 0 amide bonds. The standard InChI is InChI=1S/C41H28N4OS/c1-41(2)30-13-5-7-15-32(30)45(36-17-9-10-20-42-36)33-24-34(37-28-12-4-8-16-35(28)47-39(37)38(33)41)46-25-18-19-26-27-11-3-6-14-31(27)44-22-21-43-40(44)29(26)23-25/h3-24H,1-2H3. The summed E-state index contributed by atoms with van der Waals surface area (Å²) in [5.74, 6) is 2.48. The Morgan fingerprint density at radius 2 is 1.49 bits per heavy atom. The van der Waals surface area contributed by atoms with Gasteiger partial charge in [-0.3, -0.25) is 9.30 Å². The quantitative estimate of drug-likeness (QED) is 0.183. The number of hydrogen-bond donors (Lipinski definition) is 0. The lowest BCUT2D eigenvalue weighted by molar-refractivity contribution is 0.489. The Labute approximate surface area is 274 Å². The number of imidazole rings is 1. The minimum absolute atomic E-state index is 0.259. The van der Waals surface area contributed by atoms with Gasteiger partial charge in [0.25, 0.3) is 0 Å². The molecule has 5 nitrogen and oxygen atoms in total. The number of hydrogen-bond acceptors (Lipinski definition) is 5. The van der Waals surface area contributed by atoms with E-state index < -0.39 is 0 Å². The predicted molar refractivity (Wildman–Crippen MR) is 194 cm³/mol. The molecule has 4 aromatic heterocycles. The first-order chi connectivity index (χ1) is 23.1. The SMILES string of the molecule is CC1(C)c2ccccc2N(c2ccccn2)c2cc(Oc3ccc4c5ccccc5n5ccnc5c4c3)c3c(sc4ccccc43)c21. The Morgan fingerprint density at radius 1 is 0.681 bits per heavy atom. The molecule has 0 unspecified atom stereocenters. The van der Waals surface area contributed by atoms with E-state index in [0.717, 1.165) is 56.0 Å². The molecule has 5 aromatic carbocycles. The molecule has 0 saturated carbocycles. The maximum absolute atomic E-state index is 7.03. The van der Waals surface area contributed by atoms with Crippen molar-refractivity contribution >= 4 is 76.0 Å². The van der Waals surface area contributed by atoms with Crippen molar-refractivity contribution in [2.45, 2.75) is 19.3 Å². The minimum Gasteiger partial charge on any atom is -0.457 e. The predicted octanol–water partition coefficient (Wildman–Crippen LogP) is 11.3. The first-order valence-electron chi connectivity index (χ1n) is 15.8. The number of para-hydroxylation sites is 2. The van der Waals surface area contributed by atoms with Crippen LogP contribution in [0.5, 0.6) is 11.5 Å². The van der Waals surface area contributed by atoms with Crippen molar-refractivity contribution in [1.82, 2.24) is 14.4 Å².